The van der Waals surface area contributed by atoms with Gasteiger partial charge < -0.3 is 5.32 Å². The van der Waals surface area contributed by atoms with Crippen molar-refractivity contribution in [1.29, 1.82) is 0 Å². The van der Waals surface area contributed by atoms with Gasteiger partial charge in [0.2, 0.25) is 0 Å². The molecule has 2 aromatic rings. The number of benzene rings is 1. The molecule has 5 nitrogen and oxygen atoms in total. The lowest BCUT2D eigenvalue weighted by atomic mass is 9.94. The maximum atomic E-state index is 4.29. The molecule has 0 radical (unpaired) electrons. The highest BCUT2D eigenvalue weighted by atomic mass is 15.6. The molecular formula is C15H23N5. The largest absolute Gasteiger partial charge is 0.311 e. The average molecular weight is 273 g/mol. The van der Waals surface area contributed by atoms with E-state index in [0.717, 1.165) is 18.8 Å². The van der Waals surface area contributed by atoms with Crippen LogP contribution in [0.5, 0.6) is 0 Å². The van der Waals surface area contributed by atoms with Crippen LogP contribution in [-0.2, 0) is 13.5 Å². The van der Waals surface area contributed by atoms with E-state index in [9.17, 15) is 0 Å². The minimum Gasteiger partial charge on any atom is -0.311 e. The summed E-state index contributed by atoms with van der Waals surface area (Å²) in [6, 6.07) is 10.5. The van der Waals surface area contributed by atoms with Crippen LogP contribution in [0, 0.1) is 0 Å². The van der Waals surface area contributed by atoms with Gasteiger partial charge in [0, 0.05) is 24.4 Å². The molecule has 20 heavy (non-hydrogen) atoms. The molecular weight excluding hydrogens is 250 g/mol. The Balaban J connectivity index is 2.11. The summed E-state index contributed by atoms with van der Waals surface area (Å²) in [5, 5.41) is 15.9. The zero-order valence-corrected chi connectivity index (χ0v) is 12.7. The van der Waals surface area contributed by atoms with Crippen molar-refractivity contribution in [2.45, 2.75) is 38.6 Å². The molecule has 0 aliphatic carbocycles. The fourth-order valence-electron chi connectivity index (χ4n) is 2.09. The van der Waals surface area contributed by atoms with E-state index in [1.165, 1.54) is 10.4 Å². The molecule has 1 heterocycles. The Bertz CT molecular complexity index is 527. The molecule has 1 unspecified atom stereocenters. The highest BCUT2D eigenvalue weighted by Gasteiger charge is 2.18. The van der Waals surface area contributed by atoms with Crippen LogP contribution >= 0.6 is 0 Å². The SMILES string of the molecule is Cn1nnc(CC(CNC(C)(C)C)c2ccccc2)n1. The molecule has 0 saturated carbocycles. The van der Waals surface area contributed by atoms with E-state index < -0.39 is 0 Å². The number of nitrogens with zero attached hydrogens (tertiary/aromatic N) is 4. The van der Waals surface area contributed by atoms with E-state index in [1.807, 2.05) is 6.07 Å². The summed E-state index contributed by atoms with van der Waals surface area (Å²) in [4.78, 5) is 1.51. The van der Waals surface area contributed by atoms with Crippen molar-refractivity contribution in [2.24, 2.45) is 7.05 Å². The van der Waals surface area contributed by atoms with Crippen LogP contribution in [0.3, 0.4) is 0 Å². The normalized spacial score (nSPS) is 13.4. The average Bonchev–Trinajstić information content (AvgIpc) is 2.80. The first-order valence-electron chi connectivity index (χ1n) is 6.97. The number of hydrogen-bond acceptors (Lipinski definition) is 4. The second kappa shape index (κ2) is 6.13. The molecule has 0 spiro atoms. The minimum absolute atomic E-state index is 0.100. The Morgan fingerprint density at radius 1 is 1.20 bits per heavy atom. The highest BCUT2D eigenvalue weighted by Crippen LogP contribution is 2.19. The third-order valence-electron chi connectivity index (χ3n) is 3.13. The summed E-state index contributed by atoms with van der Waals surface area (Å²) < 4.78 is 0. The first-order chi connectivity index (χ1) is 9.44. The summed E-state index contributed by atoms with van der Waals surface area (Å²) in [5.41, 5.74) is 1.40. The van der Waals surface area contributed by atoms with Gasteiger partial charge in [0.15, 0.2) is 5.82 Å². The molecule has 1 N–H and O–H groups in total. The molecule has 0 bridgehead atoms. The van der Waals surface area contributed by atoms with E-state index in [0.29, 0.717) is 5.92 Å². The lowest BCUT2D eigenvalue weighted by molar-refractivity contribution is 0.403. The molecule has 0 saturated heterocycles. The number of aromatic nitrogens is 4. The predicted octanol–water partition coefficient (Wildman–Crippen LogP) is 1.92. The first-order valence-corrected chi connectivity index (χ1v) is 6.97. The van der Waals surface area contributed by atoms with Crippen molar-refractivity contribution in [1.82, 2.24) is 25.5 Å². The number of rotatable bonds is 5. The van der Waals surface area contributed by atoms with Crippen LogP contribution in [0.25, 0.3) is 0 Å². The van der Waals surface area contributed by atoms with Gasteiger partial charge in [-0.15, -0.1) is 10.2 Å². The number of tetrazole rings is 1. The number of aryl methyl sites for hydroxylation is 1. The van der Waals surface area contributed by atoms with E-state index in [4.69, 9.17) is 0 Å². The van der Waals surface area contributed by atoms with E-state index in [2.05, 4.69) is 65.8 Å². The molecule has 108 valence electrons. The fourth-order valence-corrected chi connectivity index (χ4v) is 2.09. The first kappa shape index (κ1) is 14.7. The van der Waals surface area contributed by atoms with Gasteiger partial charge in [-0.05, 0) is 31.5 Å². The fraction of sp³-hybridized carbons (Fsp3) is 0.533. The molecule has 1 aromatic heterocycles. The Morgan fingerprint density at radius 3 is 2.45 bits per heavy atom. The molecule has 1 atom stereocenters. The monoisotopic (exact) mass is 273 g/mol. The third-order valence-corrected chi connectivity index (χ3v) is 3.13. The van der Waals surface area contributed by atoms with Crippen molar-refractivity contribution >= 4 is 0 Å². The van der Waals surface area contributed by atoms with Crippen LogP contribution in [0.1, 0.15) is 38.1 Å². The number of hydrogen-bond donors (Lipinski definition) is 1. The van der Waals surface area contributed by atoms with Gasteiger partial charge in [0.05, 0.1) is 7.05 Å². The second-order valence-electron chi connectivity index (χ2n) is 6.14. The number of nitrogens with one attached hydrogen (secondary N) is 1. The molecule has 5 heteroatoms. The van der Waals surface area contributed by atoms with Crippen LogP contribution in [-0.4, -0.2) is 32.3 Å². The summed E-state index contributed by atoms with van der Waals surface area (Å²) >= 11 is 0. The van der Waals surface area contributed by atoms with Gasteiger partial charge in [-0.25, -0.2) is 0 Å². The van der Waals surface area contributed by atoms with E-state index in [-0.39, 0.29) is 5.54 Å². The van der Waals surface area contributed by atoms with E-state index in [1.54, 1.807) is 7.05 Å². The highest BCUT2D eigenvalue weighted by molar-refractivity contribution is 5.21. The van der Waals surface area contributed by atoms with Gasteiger partial charge in [0.1, 0.15) is 0 Å². The van der Waals surface area contributed by atoms with Crippen molar-refractivity contribution in [3.63, 3.8) is 0 Å². The minimum atomic E-state index is 0.100. The lowest BCUT2D eigenvalue weighted by Gasteiger charge is -2.25. The molecule has 1 aromatic carbocycles. The lowest BCUT2D eigenvalue weighted by Crippen LogP contribution is -2.39. The Kier molecular flexibility index (Phi) is 4.49. The van der Waals surface area contributed by atoms with E-state index >= 15 is 0 Å². The molecule has 2 rings (SSSR count). The van der Waals surface area contributed by atoms with Crippen LogP contribution < -0.4 is 5.32 Å². The summed E-state index contributed by atoms with van der Waals surface area (Å²) in [6.07, 6.45) is 0.793. The van der Waals surface area contributed by atoms with Gasteiger partial charge in [-0.2, -0.15) is 4.80 Å². The topological polar surface area (TPSA) is 55.6 Å². The van der Waals surface area contributed by atoms with Crippen molar-refractivity contribution < 1.29 is 0 Å². The predicted molar refractivity (Wildman–Crippen MR) is 79.4 cm³/mol. The van der Waals surface area contributed by atoms with Gasteiger partial charge >= 0.3 is 0 Å². The molecule has 0 aliphatic rings. The third kappa shape index (κ3) is 4.42. The maximum absolute atomic E-state index is 4.29. The second-order valence-corrected chi connectivity index (χ2v) is 6.14. The molecule has 0 fully saturated rings. The zero-order chi connectivity index (χ0) is 14.6. The van der Waals surface area contributed by atoms with Crippen LogP contribution in [0.2, 0.25) is 0 Å². The van der Waals surface area contributed by atoms with Crippen LogP contribution in [0.4, 0.5) is 0 Å². The summed E-state index contributed by atoms with van der Waals surface area (Å²) in [7, 11) is 1.79. The smallest absolute Gasteiger partial charge is 0.175 e. The molecule has 0 amide bonds. The van der Waals surface area contributed by atoms with Gasteiger partial charge in [0.25, 0.3) is 0 Å². The Labute approximate surface area is 120 Å². The summed E-state index contributed by atoms with van der Waals surface area (Å²) in [5.74, 6) is 1.14. The maximum Gasteiger partial charge on any atom is 0.175 e. The van der Waals surface area contributed by atoms with Crippen molar-refractivity contribution in [3.05, 3.63) is 41.7 Å². The Morgan fingerprint density at radius 2 is 1.90 bits per heavy atom. The van der Waals surface area contributed by atoms with Crippen molar-refractivity contribution in [3.8, 4) is 0 Å². The van der Waals surface area contributed by atoms with Crippen molar-refractivity contribution in [2.75, 3.05) is 6.54 Å². The van der Waals surface area contributed by atoms with Gasteiger partial charge in [-0.1, -0.05) is 30.3 Å². The molecule has 0 aliphatic heterocycles. The standard InChI is InChI=1S/C15H23N5/c1-15(2,3)16-11-13(12-8-6-5-7-9-12)10-14-17-19-20(4)18-14/h5-9,13,16H,10-11H2,1-4H3. The Hall–Kier alpha value is -1.75. The zero-order valence-electron chi connectivity index (χ0n) is 12.7. The summed E-state index contributed by atoms with van der Waals surface area (Å²) in [6.45, 7) is 7.42. The van der Waals surface area contributed by atoms with Crippen LogP contribution in [0.15, 0.2) is 30.3 Å². The van der Waals surface area contributed by atoms with Gasteiger partial charge in [-0.3, -0.25) is 0 Å². The quantitative estimate of drug-likeness (QED) is 0.904.